The first-order chi connectivity index (χ1) is 14.9. The number of fused-ring (bicyclic) bond motifs is 2. The Morgan fingerprint density at radius 2 is 2.03 bits per heavy atom. The first-order valence-electron chi connectivity index (χ1n) is 10.0. The van der Waals surface area contributed by atoms with Gasteiger partial charge in [0.2, 0.25) is 10.0 Å². The lowest BCUT2D eigenvalue weighted by Crippen LogP contribution is -2.36. The van der Waals surface area contributed by atoms with Crippen LogP contribution in [0.4, 0.5) is 5.82 Å². The maximum absolute atomic E-state index is 11.9. The monoisotopic (exact) mass is 457 g/mol. The van der Waals surface area contributed by atoms with Crippen molar-refractivity contribution in [3.8, 4) is 11.4 Å². The Kier molecular flexibility index (Phi) is 5.17. The summed E-state index contributed by atoms with van der Waals surface area (Å²) in [6.07, 6.45) is 3.13. The van der Waals surface area contributed by atoms with Gasteiger partial charge in [-0.1, -0.05) is 12.1 Å². The summed E-state index contributed by atoms with van der Waals surface area (Å²) in [5.41, 5.74) is 2.84. The van der Waals surface area contributed by atoms with Crippen molar-refractivity contribution in [1.82, 2.24) is 19.3 Å². The molecule has 162 valence electrons. The lowest BCUT2D eigenvalue weighted by molar-refractivity contribution is 0.122. The van der Waals surface area contributed by atoms with Gasteiger partial charge in [-0.25, -0.2) is 22.7 Å². The first kappa shape index (κ1) is 20.4. The third kappa shape index (κ3) is 3.91. The molecule has 3 aromatic heterocycles. The molecule has 1 N–H and O–H groups in total. The third-order valence-corrected chi connectivity index (χ3v) is 7.86. The Labute approximate surface area is 184 Å². The fraction of sp³-hybridized carbons (Fsp3) is 0.333. The molecule has 1 aliphatic heterocycles. The van der Waals surface area contributed by atoms with Gasteiger partial charge >= 0.3 is 0 Å². The van der Waals surface area contributed by atoms with E-state index < -0.39 is 10.0 Å². The maximum atomic E-state index is 11.9. The van der Waals surface area contributed by atoms with E-state index in [4.69, 9.17) is 14.7 Å². The fourth-order valence-electron chi connectivity index (χ4n) is 3.77. The quantitative estimate of drug-likeness (QED) is 0.495. The van der Waals surface area contributed by atoms with E-state index in [1.807, 2.05) is 36.5 Å². The Morgan fingerprint density at radius 3 is 2.81 bits per heavy atom. The molecular weight excluding hydrogens is 434 g/mol. The number of thiophene rings is 1. The standard InChI is InChI=1S/C21H23N5O3S2/c1-25(31(2,27)28)13-14-12-18-19(30-14)21(26-8-10-29-11-9-26)24-20(23-18)16-4-3-5-17-15(16)6-7-22-17/h3-7,12,22H,8-11,13H2,1-2H3. The van der Waals surface area contributed by atoms with E-state index in [1.54, 1.807) is 18.4 Å². The molecule has 10 heteroatoms. The van der Waals surface area contributed by atoms with Gasteiger partial charge in [0.15, 0.2) is 11.6 Å². The number of aromatic nitrogens is 3. The van der Waals surface area contributed by atoms with Crippen LogP contribution in [0.2, 0.25) is 0 Å². The van der Waals surface area contributed by atoms with Crippen molar-refractivity contribution in [3.63, 3.8) is 0 Å². The summed E-state index contributed by atoms with van der Waals surface area (Å²) in [6.45, 7) is 3.14. The fourth-order valence-corrected chi connectivity index (χ4v) is 5.39. The molecule has 1 aromatic carbocycles. The van der Waals surface area contributed by atoms with Crippen molar-refractivity contribution in [1.29, 1.82) is 0 Å². The van der Waals surface area contributed by atoms with E-state index in [0.29, 0.717) is 25.6 Å². The van der Waals surface area contributed by atoms with Crippen LogP contribution in [-0.4, -0.2) is 67.3 Å². The van der Waals surface area contributed by atoms with Crippen LogP contribution < -0.4 is 4.90 Å². The zero-order chi connectivity index (χ0) is 21.6. The van der Waals surface area contributed by atoms with Gasteiger partial charge in [0.25, 0.3) is 0 Å². The van der Waals surface area contributed by atoms with Gasteiger partial charge in [0.05, 0.1) is 29.7 Å². The van der Waals surface area contributed by atoms with Gasteiger partial charge in [-0.3, -0.25) is 0 Å². The maximum Gasteiger partial charge on any atom is 0.211 e. The number of ether oxygens (including phenoxy) is 1. The summed E-state index contributed by atoms with van der Waals surface area (Å²) < 4.78 is 31.6. The van der Waals surface area contributed by atoms with Gasteiger partial charge in [-0.2, -0.15) is 0 Å². The second-order valence-corrected chi connectivity index (χ2v) is 10.9. The zero-order valence-electron chi connectivity index (χ0n) is 17.3. The van der Waals surface area contributed by atoms with Crippen LogP contribution in [-0.2, 0) is 21.3 Å². The lowest BCUT2D eigenvalue weighted by atomic mass is 10.1. The van der Waals surface area contributed by atoms with Crippen molar-refractivity contribution in [3.05, 3.63) is 41.4 Å². The molecule has 31 heavy (non-hydrogen) atoms. The third-order valence-electron chi connectivity index (χ3n) is 5.50. The topological polar surface area (TPSA) is 91.4 Å². The molecule has 0 unspecified atom stereocenters. The van der Waals surface area contributed by atoms with Crippen LogP contribution in [0.25, 0.3) is 32.5 Å². The number of nitrogens with zero attached hydrogens (tertiary/aromatic N) is 4. The predicted octanol–water partition coefficient (Wildman–Crippen LogP) is 3.07. The number of anilines is 1. The molecule has 1 fully saturated rings. The Bertz CT molecular complexity index is 1360. The number of aromatic amines is 1. The number of hydrogen-bond donors (Lipinski definition) is 1. The highest BCUT2D eigenvalue weighted by Gasteiger charge is 2.22. The second kappa shape index (κ2) is 7.86. The highest BCUT2D eigenvalue weighted by Crippen LogP contribution is 2.36. The smallest absolute Gasteiger partial charge is 0.211 e. The molecule has 4 aromatic rings. The summed E-state index contributed by atoms with van der Waals surface area (Å²) in [7, 11) is -1.67. The Hall–Kier alpha value is -2.53. The lowest BCUT2D eigenvalue weighted by Gasteiger charge is -2.28. The van der Waals surface area contributed by atoms with E-state index >= 15 is 0 Å². The molecule has 1 saturated heterocycles. The zero-order valence-corrected chi connectivity index (χ0v) is 19.0. The molecule has 0 radical (unpaired) electrons. The Balaban J connectivity index is 1.66. The van der Waals surface area contributed by atoms with E-state index in [-0.39, 0.29) is 0 Å². The van der Waals surface area contributed by atoms with E-state index in [1.165, 1.54) is 10.6 Å². The number of sulfonamides is 1. The summed E-state index contributed by atoms with van der Waals surface area (Å²) in [5, 5.41) is 1.07. The minimum absolute atomic E-state index is 0.311. The largest absolute Gasteiger partial charge is 0.378 e. The van der Waals surface area contributed by atoms with Crippen molar-refractivity contribution in [2.45, 2.75) is 6.54 Å². The van der Waals surface area contributed by atoms with E-state index in [9.17, 15) is 8.42 Å². The number of hydrogen-bond acceptors (Lipinski definition) is 7. The van der Waals surface area contributed by atoms with Crippen LogP contribution in [0.5, 0.6) is 0 Å². The van der Waals surface area contributed by atoms with E-state index in [2.05, 4.69) is 9.88 Å². The first-order valence-corrected chi connectivity index (χ1v) is 12.7. The van der Waals surface area contributed by atoms with Gasteiger partial charge in [0.1, 0.15) is 0 Å². The van der Waals surface area contributed by atoms with Gasteiger partial charge < -0.3 is 14.6 Å². The molecule has 0 aliphatic carbocycles. The highest BCUT2D eigenvalue weighted by atomic mass is 32.2. The number of nitrogens with one attached hydrogen (secondary N) is 1. The molecule has 0 spiro atoms. The molecular formula is C21H23N5O3S2. The van der Waals surface area contributed by atoms with Crippen molar-refractivity contribution in [2.24, 2.45) is 0 Å². The average Bonchev–Trinajstić information content (AvgIpc) is 3.39. The van der Waals surface area contributed by atoms with Crippen molar-refractivity contribution in [2.75, 3.05) is 44.5 Å². The average molecular weight is 458 g/mol. The molecule has 8 nitrogen and oxygen atoms in total. The molecule has 1 aliphatic rings. The minimum Gasteiger partial charge on any atom is -0.378 e. The van der Waals surface area contributed by atoms with Crippen molar-refractivity contribution >= 4 is 48.3 Å². The molecule has 0 bridgehead atoms. The molecule has 4 heterocycles. The summed E-state index contributed by atoms with van der Waals surface area (Å²) in [5.74, 6) is 1.55. The highest BCUT2D eigenvalue weighted by molar-refractivity contribution is 7.88. The van der Waals surface area contributed by atoms with Crippen molar-refractivity contribution < 1.29 is 13.2 Å². The van der Waals surface area contributed by atoms with Crippen LogP contribution in [0, 0.1) is 0 Å². The summed E-state index contributed by atoms with van der Waals surface area (Å²) >= 11 is 1.55. The molecule has 0 amide bonds. The predicted molar refractivity (Wildman–Crippen MR) is 124 cm³/mol. The van der Waals surface area contributed by atoms with Crippen LogP contribution in [0.3, 0.4) is 0 Å². The van der Waals surface area contributed by atoms with Crippen LogP contribution in [0.15, 0.2) is 36.5 Å². The molecule has 0 saturated carbocycles. The van der Waals surface area contributed by atoms with Gasteiger partial charge in [0, 0.05) is 54.2 Å². The number of benzene rings is 1. The number of H-pyrrole nitrogens is 1. The number of rotatable bonds is 5. The van der Waals surface area contributed by atoms with E-state index in [0.717, 1.165) is 50.5 Å². The van der Waals surface area contributed by atoms with Gasteiger partial charge in [-0.05, 0) is 18.2 Å². The second-order valence-electron chi connectivity index (χ2n) is 7.66. The number of morpholine rings is 1. The van der Waals surface area contributed by atoms with Crippen LogP contribution >= 0.6 is 11.3 Å². The molecule has 0 atom stereocenters. The molecule has 5 rings (SSSR count). The SMILES string of the molecule is CN(Cc1cc2nc(-c3cccc4[nH]ccc34)nc(N3CCOCC3)c2s1)S(C)(=O)=O. The minimum atomic E-state index is -3.26. The van der Waals surface area contributed by atoms with Crippen LogP contribution in [0.1, 0.15) is 4.88 Å². The normalized spacial score (nSPS) is 15.4. The summed E-state index contributed by atoms with van der Waals surface area (Å²) in [4.78, 5) is 16.3. The van der Waals surface area contributed by atoms with Gasteiger partial charge in [-0.15, -0.1) is 11.3 Å². The Morgan fingerprint density at radius 1 is 1.23 bits per heavy atom. The summed E-state index contributed by atoms with van der Waals surface area (Å²) in [6, 6.07) is 10.1.